The van der Waals surface area contributed by atoms with Gasteiger partial charge in [0.05, 0.1) is 20.6 Å². The summed E-state index contributed by atoms with van der Waals surface area (Å²) in [5, 5.41) is 0. The lowest BCUT2D eigenvalue weighted by Crippen LogP contribution is -2.45. The molecule has 0 radical (unpaired) electrons. The second-order valence-corrected chi connectivity index (χ2v) is 7.94. The number of fused-ring (bicyclic) bond motifs is 1. The van der Waals surface area contributed by atoms with Crippen molar-refractivity contribution < 1.29 is 19.1 Å². The molecule has 0 spiro atoms. The molecule has 140 valence electrons. The fourth-order valence-corrected chi connectivity index (χ4v) is 5.15. The van der Waals surface area contributed by atoms with E-state index in [4.69, 9.17) is 9.47 Å². The van der Waals surface area contributed by atoms with Gasteiger partial charge in [0.15, 0.2) is 0 Å². The van der Waals surface area contributed by atoms with E-state index in [0.29, 0.717) is 17.4 Å². The predicted octanol–water partition coefficient (Wildman–Crippen LogP) is 4.45. The van der Waals surface area contributed by atoms with Crippen molar-refractivity contribution in [2.45, 2.75) is 58.8 Å². The number of carbonyl (C=O) groups is 2. The van der Waals surface area contributed by atoms with Crippen LogP contribution in [0.5, 0.6) is 0 Å². The molecule has 2 saturated carbocycles. The van der Waals surface area contributed by atoms with E-state index in [1.54, 1.807) is 0 Å². The second-order valence-electron chi connectivity index (χ2n) is 7.94. The lowest BCUT2D eigenvalue weighted by atomic mass is 9.51. The molecule has 0 aliphatic heterocycles. The maximum atomic E-state index is 12.0. The quantitative estimate of drug-likeness (QED) is 0.418. The molecule has 0 bridgehead atoms. The molecule has 4 nitrogen and oxygen atoms in total. The molecule has 0 heterocycles. The number of ether oxygens (including phenoxy) is 2. The van der Waals surface area contributed by atoms with Crippen LogP contribution in [0.25, 0.3) is 0 Å². The van der Waals surface area contributed by atoms with E-state index in [-0.39, 0.29) is 11.8 Å². The first-order valence-electron chi connectivity index (χ1n) is 9.35. The number of rotatable bonds is 5. The highest BCUT2D eigenvalue weighted by Gasteiger charge is 2.48. The Bertz CT molecular complexity index is 562. The van der Waals surface area contributed by atoms with Crippen molar-refractivity contribution in [3.8, 4) is 0 Å². The average molecular weight is 348 g/mol. The third-order valence-corrected chi connectivity index (χ3v) is 6.58. The second kappa shape index (κ2) is 8.20. The lowest BCUT2D eigenvalue weighted by Gasteiger charge is -2.54. The largest absolute Gasteiger partial charge is 0.469 e. The van der Waals surface area contributed by atoms with Crippen molar-refractivity contribution in [3.63, 3.8) is 0 Å². The average Bonchev–Trinajstić information content (AvgIpc) is 2.58. The fourth-order valence-electron chi connectivity index (χ4n) is 5.15. The van der Waals surface area contributed by atoms with Crippen molar-refractivity contribution >= 4 is 11.9 Å². The SMILES string of the molecule is C=C1CCC2C(C)CCCC2(C)[C@H]1C/C=C(\CC(=O)OC)C(=O)OC. The van der Waals surface area contributed by atoms with E-state index in [1.807, 2.05) is 6.08 Å². The molecule has 25 heavy (non-hydrogen) atoms. The van der Waals surface area contributed by atoms with E-state index >= 15 is 0 Å². The molecule has 0 saturated heterocycles. The van der Waals surface area contributed by atoms with Crippen LogP contribution in [-0.2, 0) is 19.1 Å². The molecule has 3 unspecified atom stereocenters. The summed E-state index contributed by atoms with van der Waals surface area (Å²) in [5.41, 5.74) is 1.90. The summed E-state index contributed by atoms with van der Waals surface area (Å²) in [6.45, 7) is 9.11. The van der Waals surface area contributed by atoms with Crippen LogP contribution in [0.4, 0.5) is 0 Å². The van der Waals surface area contributed by atoms with Crippen LogP contribution in [0.15, 0.2) is 23.8 Å². The Labute approximate surface area is 151 Å². The van der Waals surface area contributed by atoms with Gasteiger partial charge < -0.3 is 9.47 Å². The first kappa shape index (κ1) is 19.7. The smallest absolute Gasteiger partial charge is 0.333 e. The van der Waals surface area contributed by atoms with Gasteiger partial charge in [-0.3, -0.25) is 4.79 Å². The maximum absolute atomic E-state index is 12.0. The number of esters is 2. The Morgan fingerprint density at radius 2 is 2.00 bits per heavy atom. The highest BCUT2D eigenvalue weighted by atomic mass is 16.5. The minimum atomic E-state index is -0.453. The van der Waals surface area contributed by atoms with Crippen LogP contribution in [-0.4, -0.2) is 26.2 Å². The van der Waals surface area contributed by atoms with Crippen LogP contribution in [0.2, 0.25) is 0 Å². The number of hydrogen-bond donors (Lipinski definition) is 0. The Morgan fingerprint density at radius 3 is 2.64 bits per heavy atom. The zero-order valence-electron chi connectivity index (χ0n) is 16.1. The first-order chi connectivity index (χ1) is 11.8. The van der Waals surface area contributed by atoms with Gasteiger partial charge in [0.25, 0.3) is 0 Å². The molecule has 2 aliphatic carbocycles. The summed E-state index contributed by atoms with van der Waals surface area (Å²) >= 11 is 0. The number of methoxy groups -OCH3 is 2. The monoisotopic (exact) mass is 348 g/mol. The van der Waals surface area contributed by atoms with Crippen molar-refractivity contribution in [2.24, 2.45) is 23.2 Å². The molecular formula is C21H32O4. The molecule has 2 rings (SSSR count). The molecule has 4 heteroatoms. The Morgan fingerprint density at radius 1 is 1.28 bits per heavy atom. The summed E-state index contributed by atoms with van der Waals surface area (Å²) in [7, 11) is 2.67. The van der Waals surface area contributed by atoms with E-state index in [9.17, 15) is 9.59 Å². The Hall–Kier alpha value is -1.58. The van der Waals surface area contributed by atoms with Gasteiger partial charge in [-0.2, -0.15) is 0 Å². The molecule has 0 N–H and O–H groups in total. The number of allylic oxidation sites excluding steroid dienone is 2. The molecule has 0 aromatic rings. The van der Waals surface area contributed by atoms with Gasteiger partial charge in [0.2, 0.25) is 0 Å². The number of carbonyl (C=O) groups excluding carboxylic acids is 2. The Kier molecular flexibility index (Phi) is 6.47. The summed E-state index contributed by atoms with van der Waals surface area (Å²) < 4.78 is 9.54. The zero-order valence-corrected chi connectivity index (χ0v) is 16.1. The Balaban J connectivity index is 2.23. The third-order valence-electron chi connectivity index (χ3n) is 6.58. The molecule has 2 aliphatic rings. The van der Waals surface area contributed by atoms with Crippen molar-refractivity contribution in [1.82, 2.24) is 0 Å². The topological polar surface area (TPSA) is 52.6 Å². The summed E-state index contributed by atoms with van der Waals surface area (Å²) in [4.78, 5) is 23.6. The van der Waals surface area contributed by atoms with Crippen molar-refractivity contribution in [1.29, 1.82) is 0 Å². The molecule has 0 amide bonds. The third kappa shape index (κ3) is 4.16. The summed E-state index contributed by atoms with van der Waals surface area (Å²) in [6, 6.07) is 0. The fraction of sp³-hybridized carbons (Fsp3) is 0.714. The predicted molar refractivity (Wildman–Crippen MR) is 97.8 cm³/mol. The standard InChI is InChI=1S/C21H32O4/c1-14-7-6-12-21(3)17(14)10-8-15(2)18(21)11-9-16(20(23)25-5)13-19(22)24-4/h9,14,17-18H,2,6-8,10-13H2,1,3-5H3/b16-9+/t14?,17?,18-,21?/m0/s1. The summed E-state index contributed by atoms with van der Waals surface area (Å²) in [5.74, 6) is 0.937. The van der Waals surface area contributed by atoms with E-state index in [0.717, 1.165) is 18.8 Å². The van der Waals surface area contributed by atoms with Crippen LogP contribution >= 0.6 is 0 Å². The van der Waals surface area contributed by atoms with Gasteiger partial charge in [0, 0.05) is 5.57 Å². The van der Waals surface area contributed by atoms with Crippen LogP contribution in [0.3, 0.4) is 0 Å². The molecule has 2 fully saturated rings. The number of hydrogen-bond acceptors (Lipinski definition) is 4. The molecule has 0 aromatic carbocycles. The van der Waals surface area contributed by atoms with E-state index in [1.165, 1.54) is 45.5 Å². The van der Waals surface area contributed by atoms with Gasteiger partial charge >= 0.3 is 11.9 Å². The lowest BCUT2D eigenvalue weighted by molar-refractivity contribution is -0.143. The van der Waals surface area contributed by atoms with Gasteiger partial charge in [0.1, 0.15) is 0 Å². The van der Waals surface area contributed by atoms with Gasteiger partial charge in [-0.25, -0.2) is 4.79 Å². The van der Waals surface area contributed by atoms with Gasteiger partial charge in [-0.05, 0) is 48.9 Å². The minimum absolute atomic E-state index is 0.0427. The normalized spacial score (nSPS) is 32.7. The van der Waals surface area contributed by atoms with E-state index < -0.39 is 11.9 Å². The molecule has 0 aromatic heterocycles. The molecular weight excluding hydrogens is 316 g/mol. The van der Waals surface area contributed by atoms with Gasteiger partial charge in [-0.1, -0.05) is 44.9 Å². The molecule has 4 atom stereocenters. The maximum Gasteiger partial charge on any atom is 0.333 e. The minimum Gasteiger partial charge on any atom is -0.469 e. The highest BCUT2D eigenvalue weighted by molar-refractivity contribution is 5.93. The summed E-state index contributed by atoms with van der Waals surface area (Å²) in [6.07, 6.45) is 8.64. The van der Waals surface area contributed by atoms with Crippen molar-refractivity contribution in [2.75, 3.05) is 14.2 Å². The van der Waals surface area contributed by atoms with E-state index in [2.05, 4.69) is 20.4 Å². The van der Waals surface area contributed by atoms with Crippen molar-refractivity contribution in [3.05, 3.63) is 23.8 Å². The van der Waals surface area contributed by atoms with Crippen LogP contribution in [0.1, 0.15) is 58.8 Å². The highest BCUT2D eigenvalue weighted by Crippen LogP contribution is 2.57. The first-order valence-corrected chi connectivity index (χ1v) is 9.35. The zero-order chi connectivity index (χ0) is 18.6. The van der Waals surface area contributed by atoms with Gasteiger partial charge in [-0.15, -0.1) is 0 Å². The van der Waals surface area contributed by atoms with Crippen LogP contribution in [0, 0.1) is 23.2 Å². The van der Waals surface area contributed by atoms with Crippen LogP contribution < -0.4 is 0 Å².